The zero-order valence-electron chi connectivity index (χ0n) is 10.6. The predicted molar refractivity (Wildman–Crippen MR) is 73.5 cm³/mol. The molecule has 0 unspecified atom stereocenters. The van der Waals surface area contributed by atoms with Crippen LogP contribution in [0.25, 0.3) is 0 Å². The molecular formula is C12H18N4OS. The fraction of sp³-hybridized carbons (Fsp3) is 0.667. The predicted octanol–water partition coefficient (Wildman–Crippen LogP) is 0.684. The second-order valence-corrected chi connectivity index (χ2v) is 5.71. The van der Waals surface area contributed by atoms with Crippen LogP contribution in [-0.4, -0.2) is 48.2 Å². The average Bonchev–Trinajstić information content (AvgIpc) is 2.47. The van der Waals surface area contributed by atoms with Gasteiger partial charge in [-0.15, -0.1) is 0 Å². The Labute approximate surface area is 111 Å². The number of methoxy groups -OCH3 is 1. The van der Waals surface area contributed by atoms with Crippen molar-refractivity contribution >= 4 is 17.6 Å². The molecule has 1 aromatic rings. The quantitative estimate of drug-likeness (QED) is 0.850. The summed E-state index contributed by atoms with van der Waals surface area (Å²) in [6.07, 6.45) is 0.962. The van der Waals surface area contributed by atoms with Gasteiger partial charge in [0.2, 0.25) is 0 Å². The number of anilines is 1. The number of aromatic nitrogens is 2. The lowest BCUT2D eigenvalue weighted by atomic mass is 10.1. The largest absolute Gasteiger partial charge is 0.467 e. The number of nitrogens with zero attached hydrogens (tertiary/aromatic N) is 3. The topological polar surface area (TPSA) is 50.3 Å². The second-order valence-electron chi connectivity index (χ2n) is 4.49. The van der Waals surface area contributed by atoms with Gasteiger partial charge in [-0.2, -0.15) is 21.7 Å². The third-order valence-corrected chi connectivity index (χ3v) is 4.33. The monoisotopic (exact) mass is 266 g/mol. The third kappa shape index (κ3) is 2.27. The van der Waals surface area contributed by atoms with Crippen molar-refractivity contribution in [3.8, 4) is 6.01 Å². The maximum Gasteiger partial charge on any atom is 0.318 e. The molecule has 1 saturated heterocycles. The molecule has 0 saturated carbocycles. The molecular weight excluding hydrogens is 248 g/mol. The summed E-state index contributed by atoms with van der Waals surface area (Å²) in [6.45, 7) is 4.00. The smallest absolute Gasteiger partial charge is 0.318 e. The van der Waals surface area contributed by atoms with E-state index in [4.69, 9.17) is 4.74 Å². The average molecular weight is 266 g/mol. The molecule has 0 spiro atoms. The summed E-state index contributed by atoms with van der Waals surface area (Å²) >= 11 is 2.01. The first-order chi connectivity index (χ1) is 8.88. The van der Waals surface area contributed by atoms with Gasteiger partial charge in [0, 0.05) is 49.7 Å². The molecule has 0 bridgehead atoms. The van der Waals surface area contributed by atoms with E-state index in [-0.39, 0.29) is 0 Å². The lowest BCUT2D eigenvalue weighted by Gasteiger charge is -2.31. The Hall–Kier alpha value is -1.01. The van der Waals surface area contributed by atoms with Gasteiger partial charge in [0.15, 0.2) is 0 Å². The van der Waals surface area contributed by atoms with Gasteiger partial charge in [0.1, 0.15) is 5.82 Å². The maximum atomic E-state index is 5.24. The van der Waals surface area contributed by atoms with Gasteiger partial charge < -0.3 is 15.0 Å². The van der Waals surface area contributed by atoms with Gasteiger partial charge in [0.25, 0.3) is 0 Å². The Bertz CT molecular complexity index is 434. The van der Waals surface area contributed by atoms with Crippen LogP contribution in [0.1, 0.15) is 11.3 Å². The van der Waals surface area contributed by atoms with Crippen LogP contribution < -0.4 is 15.0 Å². The number of thioether (sulfide) groups is 1. The summed E-state index contributed by atoms with van der Waals surface area (Å²) < 4.78 is 5.24. The highest BCUT2D eigenvalue weighted by Gasteiger charge is 2.23. The Kier molecular flexibility index (Phi) is 3.56. The van der Waals surface area contributed by atoms with Crippen molar-refractivity contribution in [2.75, 3.05) is 43.1 Å². The van der Waals surface area contributed by atoms with Crippen LogP contribution in [0, 0.1) is 0 Å². The zero-order valence-corrected chi connectivity index (χ0v) is 11.4. The fourth-order valence-corrected chi connectivity index (χ4v) is 3.33. The standard InChI is InChI=1S/C12H18N4OS/c1-17-12-14-10-2-3-13-8-9(10)11(15-12)16-4-6-18-7-5-16/h13H,2-8H2,1H3. The Balaban J connectivity index is 1.99. The highest BCUT2D eigenvalue weighted by Crippen LogP contribution is 2.27. The second kappa shape index (κ2) is 5.32. The van der Waals surface area contributed by atoms with E-state index in [2.05, 4.69) is 20.2 Å². The summed E-state index contributed by atoms with van der Waals surface area (Å²) in [5.74, 6) is 3.42. The number of nitrogens with one attached hydrogen (secondary N) is 1. The number of ether oxygens (including phenoxy) is 1. The number of hydrogen-bond acceptors (Lipinski definition) is 6. The van der Waals surface area contributed by atoms with Gasteiger partial charge in [-0.05, 0) is 0 Å². The molecule has 0 radical (unpaired) electrons. The van der Waals surface area contributed by atoms with Gasteiger partial charge >= 0.3 is 6.01 Å². The molecule has 0 atom stereocenters. The number of fused-ring (bicyclic) bond motifs is 1. The van der Waals surface area contributed by atoms with Crippen LogP contribution in [0.2, 0.25) is 0 Å². The van der Waals surface area contributed by atoms with Crippen molar-refractivity contribution < 1.29 is 4.74 Å². The molecule has 1 fully saturated rings. The van der Waals surface area contributed by atoms with E-state index in [1.807, 2.05) is 11.8 Å². The fourth-order valence-electron chi connectivity index (χ4n) is 2.43. The van der Waals surface area contributed by atoms with E-state index in [1.165, 1.54) is 17.1 Å². The molecule has 1 N–H and O–H groups in total. The molecule has 98 valence electrons. The molecule has 3 rings (SSSR count). The molecule has 1 aromatic heterocycles. The zero-order chi connectivity index (χ0) is 12.4. The van der Waals surface area contributed by atoms with Gasteiger partial charge in [-0.3, -0.25) is 0 Å². The minimum Gasteiger partial charge on any atom is -0.467 e. The van der Waals surface area contributed by atoms with Gasteiger partial charge in [-0.1, -0.05) is 0 Å². The van der Waals surface area contributed by atoms with Gasteiger partial charge in [0.05, 0.1) is 12.8 Å². The molecule has 3 heterocycles. The van der Waals surface area contributed by atoms with Crippen molar-refractivity contribution in [1.29, 1.82) is 0 Å². The normalized spacial score (nSPS) is 19.5. The van der Waals surface area contributed by atoms with E-state index < -0.39 is 0 Å². The third-order valence-electron chi connectivity index (χ3n) is 3.38. The van der Waals surface area contributed by atoms with Crippen LogP contribution in [-0.2, 0) is 13.0 Å². The van der Waals surface area contributed by atoms with Crippen molar-refractivity contribution in [2.24, 2.45) is 0 Å². The Morgan fingerprint density at radius 1 is 1.28 bits per heavy atom. The summed E-state index contributed by atoms with van der Waals surface area (Å²) in [7, 11) is 1.64. The molecule has 0 amide bonds. The van der Waals surface area contributed by atoms with E-state index in [1.54, 1.807) is 7.11 Å². The number of hydrogen-bond donors (Lipinski definition) is 1. The summed E-state index contributed by atoms with van der Waals surface area (Å²) in [4.78, 5) is 11.4. The van der Waals surface area contributed by atoms with Gasteiger partial charge in [-0.25, -0.2) is 0 Å². The van der Waals surface area contributed by atoms with Crippen molar-refractivity contribution in [3.05, 3.63) is 11.3 Å². The molecule has 2 aliphatic rings. The van der Waals surface area contributed by atoms with Crippen molar-refractivity contribution in [2.45, 2.75) is 13.0 Å². The molecule has 18 heavy (non-hydrogen) atoms. The first kappa shape index (κ1) is 12.0. The van der Waals surface area contributed by atoms with Crippen LogP contribution in [0.4, 0.5) is 5.82 Å². The Morgan fingerprint density at radius 3 is 2.89 bits per heavy atom. The molecule has 0 aromatic carbocycles. The van der Waals surface area contributed by atoms with Crippen LogP contribution in [0.15, 0.2) is 0 Å². The van der Waals surface area contributed by atoms with E-state index in [0.29, 0.717) is 6.01 Å². The van der Waals surface area contributed by atoms with Crippen LogP contribution in [0.5, 0.6) is 6.01 Å². The lowest BCUT2D eigenvalue weighted by Crippen LogP contribution is -2.36. The minimum atomic E-state index is 0.504. The summed E-state index contributed by atoms with van der Waals surface area (Å²) in [5.41, 5.74) is 2.41. The van der Waals surface area contributed by atoms with Crippen LogP contribution in [0.3, 0.4) is 0 Å². The maximum absolute atomic E-state index is 5.24. The summed E-state index contributed by atoms with van der Waals surface area (Å²) in [6, 6.07) is 0.504. The molecule has 6 heteroatoms. The minimum absolute atomic E-state index is 0.504. The van der Waals surface area contributed by atoms with E-state index >= 15 is 0 Å². The SMILES string of the molecule is COc1nc2c(c(N3CCSCC3)n1)CNCC2. The molecule has 2 aliphatic heterocycles. The lowest BCUT2D eigenvalue weighted by molar-refractivity contribution is 0.376. The summed E-state index contributed by atoms with van der Waals surface area (Å²) in [5, 5.41) is 3.41. The number of rotatable bonds is 2. The Morgan fingerprint density at radius 2 is 2.11 bits per heavy atom. The molecule has 5 nitrogen and oxygen atoms in total. The molecule has 0 aliphatic carbocycles. The first-order valence-electron chi connectivity index (χ1n) is 6.35. The van der Waals surface area contributed by atoms with Crippen molar-refractivity contribution in [1.82, 2.24) is 15.3 Å². The van der Waals surface area contributed by atoms with Crippen molar-refractivity contribution in [3.63, 3.8) is 0 Å². The highest BCUT2D eigenvalue weighted by atomic mass is 32.2. The van der Waals surface area contributed by atoms with E-state index in [0.717, 1.165) is 44.1 Å². The van der Waals surface area contributed by atoms with Crippen LogP contribution >= 0.6 is 11.8 Å². The highest BCUT2D eigenvalue weighted by molar-refractivity contribution is 7.99. The first-order valence-corrected chi connectivity index (χ1v) is 7.51. The van der Waals surface area contributed by atoms with E-state index in [9.17, 15) is 0 Å².